The van der Waals surface area contributed by atoms with Crippen molar-refractivity contribution >= 4 is 0 Å². The van der Waals surface area contributed by atoms with Crippen molar-refractivity contribution in [3.05, 3.63) is 0 Å². The van der Waals surface area contributed by atoms with E-state index < -0.39 is 0 Å². The SMILES string of the molecule is CCC(CC(C)O)NC.CCC(CC(C)O)NC.[Cu]. The zero-order valence-corrected chi connectivity index (χ0v) is 14.3. The van der Waals surface area contributed by atoms with Crippen LogP contribution in [0.1, 0.15) is 53.4 Å². The normalized spacial score (nSPS) is 16.4. The maximum Gasteiger partial charge on any atom is 0.0526 e. The summed E-state index contributed by atoms with van der Waals surface area (Å²) in [6.45, 7) is 7.87. The Bertz CT molecular complexity index is 144. The Morgan fingerprint density at radius 1 is 0.789 bits per heavy atom. The van der Waals surface area contributed by atoms with Crippen LogP contribution in [-0.2, 0) is 17.1 Å². The Morgan fingerprint density at radius 3 is 1.11 bits per heavy atom. The molecule has 0 aliphatic heterocycles. The number of nitrogens with one attached hydrogen (secondary N) is 2. The van der Waals surface area contributed by atoms with Crippen molar-refractivity contribution in [2.45, 2.75) is 77.7 Å². The van der Waals surface area contributed by atoms with Crippen molar-refractivity contribution < 1.29 is 27.3 Å². The predicted molar refractivity (Wildman–Crippen MR) is 78.9 cm³/mol. The van der Waals surface area contributed by atoms with Crippen molar-refractivity contribution in [3.8, 4) is 0 Å². The summed E-state index contributed by atoms with van der Waals surface area (Å²) in [5.41, 5.74) is 0. The predicted octanol–water partition coefficient (Wildman–Crippen LogP) is 1.51. The molecule has 0 saturated carbocycles. The fraction of sp³-hybridized carbons (Fsp3) is 1.00. The minimum Gasteiger partial charge on any atom is -0.393 e. The van der Waals surface area contributed by atoms with E-state index in [4.69, 9.17) is 10.2 Å². The van der Waals surface area contributed by atoms with Gasteiger partial charge in [0.2, 0.25) is 0 Å². The van der Waals surface area contributed by atoms with Crippen LogP contribution in [0.3, 0.4) is 0 Å². The number of hydrogen-bond acceptors (Lipinski definition) is 4. The quantitative estimate of drug-likeness (QED) is 0.511. The van der Waals surface area contributed by atoms with Crippen molar-refractivity contribution in [2.24, 2.45) is 0 Å². The molecule has 0 rings (SSSR count). The van der Waals surface area contributed by atoms with E-state index in [0.717, 1.165) is 25.7 Å². The van der Waals surface area contributed by atoms with Crippen LogP contribution in [0.25, 0.3) is 0 Å². The third-order valence-electron chi connectivity index (χ3n) is 3.05. The Balaban J connectivity index is -0.000000256. The number of aliphatic hydroxyl groups excluding tert-OH is 2. The van der Waals surface area contributed by atoms with Crippen LogP contribution in [0.15, 0.2) is 0 Å². The molecule has 0 aromatic heterocycles. The van der Waals surface area contributed by atoms with Gasteiger partial charge >= 0.3 is 0 Å². The first-order chi connectivity index (χ1) is 8.40. The van der Waals surface area contributed by atoms with E-state index in [1.54, 1.807) is 0 Å². The standard InChI is InChI=1S/2C7H17NO.Cu/c2*1-4-7(8-3)5-6(2)9;/h2*6-9H,4-5H2,1-3H3;. The van der Waals surface area contributed by atoms with Crippen LogP contribution in [0, 0.1) is 0 Å². The summed E-state index contributed by atoms with van der Waals surface area (Å²) in [6.07, 6.45) is 3.52. The van der Waals surface area contributed by atoms with Crippen LogP contribution in [0.4, 0.5) is 0 Å². The number of rotatable bonds is 8. The van der Waals surface area contributed by atoms with Crippen LogP contribution < -0.4 is 10.6 Å². The van der Waals surface area contributed by atoms with Gasteiger partial charge in [0.15, 0.2) is 0 Å². The molecule has 0 amide bonds. The first kappa shape index (κ1) is 24.4. The molecule has 123 valence electrons. The molecule has 0 fully saturated rings. The molecule has 0 bridgehead atoms. The molecule has 19 heavy (non-hydrogen) atoms. The van der Waals surface area contributed by atoms with E-state index in [-0.39, 0.29) is 29.3 Å². The van der Waals surface area contributed by atoms with E-state index in [1.165, 1.54) is 0 Å². The van der Waals surface area contributed by atoms with Crippen molar-refractivity contribution in [3.63, 3.8) is 0 Å². The van der Waals surface area contributed by atoms with Gasteiger partial charge in [0, 0.05) is 29.2 Å². The van der Waals surface area contributed by atoms with E-state index in [1.807, 2.05) is 27.9 Å². The second-order valence-electron chi connectivity index (χ2n) is 4.96. The fourth-order valence-electron chi connectivity index (χ4n) is 1.80. The fourth-order valence-corrected chi connectivity index (χ4v) is 1.80. The molecule has 0 aromatic carbocycles. The molecule has 4 nitrogen and oxygen atoms in total. The summed E-state index contributed by atoms with van der Waals surface area (Å²) >= 11 is 0. The average molecular weight is 326 g/mol. The monoisotopic (exact) mass is 325 g/mol. The molecule has 0 spiro atoms. The van der Waals surface area contributed by atoms with Crippen LogP contribution in [-0.4, -0.2) is 48.6 Å². The summed E-state index contributed by atoms with van der Waals surface area (Å²) < 4.78 is 0. The van der Waals surface area contributed by atoms with Crippen molar-refractivity contribution in [1.29, 1.82) is 0 Å². The summed E-state index contributed by atoms with van der Waals surface area (Å²) in [5.74, 6) is 0. The van der Waals surface area contributed by atoms with Gasteiger partial charge in [0.1, 0.15) is 0 Å². The molecule has 4 unspecified atom stereocenters. The Morgan fingerprint density at radius 2 is 1.05 bits per heavy atom. The number of aliphatic hydroxyl groups is 2. The smallest absolute Gasteiger partial charge is 0.0526 e. The van der Waals surface area contributed by atoms with E-state index in [0.29, 0.717) is 12.1 Å². The minimum atomic E-state index is -0.178. The molecule has 0 aliphatic carbocycles. The average Bonchev–Trinajstić information content (AvgIpc) is 2.33. The van der Waals surface area contributed by atoms with Gasteiger partial charge in [-0.2, -0.15) is 0 Å². The molecule has 1 radical (unpaired) electrons. The third-order valence-corrected chi connectivity index (χ3v) is 3.05. The van der Waals surface area contributed by atoms with E-state index >= 15 is 0 Å². The molecule has 4 atom stereocenters. The van der Waals surface area contributed by atoms with E-state index in [2.05, 4.69) is 24.5 Å². The molecule has 4 N–H and O–H groups in total. The molecular weight excluding hydrogens is 292 g/mol. The van der Waals surface area contributed by atoms with Gasteiger partial charge in [-0.15, -0.1) is 0 Å². The first-order valence-electron chi connectivity index (χ1n) is 7.11. The van der Waals surface area contributed by atoms with Crippen molar-refractivity contribution in [1.82, 2.24) is 10.6 Å². The third kappa shape index (κ3) is 18.4. The molecular formula is C14H34CuN2O2. The zero-order chi connectivity index (χ0) is 14.6. The summed E-state index contributed by atoms with van der Waals surface area (Å²) in [6, 6.07) is 0.954. The molecule has 0 saturated heterocycles. The Kier molecular flexibility index (Phi) is 21.1. The van der Waals surface area contributed by atoms with Crippen LogP contribution in [0.5, 0.6) is 0 Å². The summed E-state index contributed by atoms with van der Waals surface area (Å²) in [5, 5.41) is 24.1. The Hall–Kier alpha value is 0.359. The first-order valence-corrected chi connectivity index (χ1v) is 7.11. The summed E-state index contributed by atoms with van der Waals surface area (Å²) in [4.78, 5) is 0. The van der Waals surface area contributed by atoms with E-state index in [9.17, 15) is 0 Å². The molecule has 5 heteroatoms. The van der Waals surface area contributed by atoms with Gasteiger partial charge < -0.3 is 20.8 Å². The van der Waals surface area contributed by atoms with Gasteiger partial charge in [0.05, 0.1) is 12.2 Å². The van der Waals surface area contributed by atoms with Gasteiger partial charge in [-0.05, 0) is 53.6 Å². The maximum atomic E-state index is 8.94. The van der Waals surface area contributed by atoms with Gasteiger partial charge in [-0.3, -0.25) is 0 Å². The van der Waals surface area contributed by atoms with Gasteiger partial charge in [-0.1, -0.05) is 13.8 Å². The van der Waals surface area contributed by atoms with Crippen LogP contribution in [0.2, 0.25) is 0 Å². The maximum absolute atomic E-state index is 8.94. The zero-order valence-electron chi connectivity index (χ0n) is 13.3. The van der Waals surface area contributed by atoms with Crippen molar-refractivity contribution in [2.75, 3.05) is 14.1 Å². The second kappa shape index (κ2) is 16.4. The Labute approximate surface area is 130 Å². The topological polar surface area (TPSA) is 64.5 Å². The summed E-state index contributed by atoms with van der Waals surface area (Å²) in [7, 11) is 3.85. The molecule has 0 aliphatic rings. The largest absolute Gasteiger partial charge is 0.393 e. The minimum absolute atomic E-state index is 0. The van der Waals surface area contributed by atoms with Gasteiger partial charge in [-0.25, -0.2) is 0 Å². The number of hydrogen-bond donors (Lipinski definition) is 4. The van der Waals surface area contributed by atoms with Gasteiger partial charge in [0.25, 0.3) is 0 Å². The van der Waals surface area contributed by atoms with Crippen LogP contribution >= 0.6 is 0 Å². The molecule has 0 aromatic rings. The molecule has 0 heterocycles. The second-order valence-corrected chi connectivity index (χ2v) is 4.96.